The number of nitrogens with zero attached hydrogens (tertiary/aromatic N) is 1. The predicted molar refractivity (Wildman–Crippen MR) is 87.9 cm³/mol. The number of hydrogen-bond donors (Lipinski definition) is 1. The molecule has 5 nitrogen and oxygen atoms in total. The molecule has 0 aromatic carbocycles. The number of aryl methyl sites for hydroxylation is 1. The van der Waals surface area contributed by atoms with Gasteiger partial charge >= 0.3 is 0 Å². The summed E-state index contributed by atoms with van der Waals surface area (Å²) in [5.41, 5.74) is 1.41. The molecular weight excluding hydrogens is 292 g/mol. The van der Waals surface area contributed by atoms with Gasteiger partial charge in [0.25, 0.3) is 5.91 Å². The van der Waals surface area contributed by atoms with Crippen molar-refractivity contribution in [3.8, 4) is 0 Å². The van der Waals surface area contributed by atoms with E-state index in [9.17, 15) is 9.59 Å². The third-order valence-electron chi connectivity index (χ3n) is 5.20. The summed E-state index contributed by atoms with van der Waals surface area (Å²) in [4.78, 5) is 26.7. The number of Topliss-reactive ketones (excluding diaryl/α,β-unsaturated/α-hetero) is 1. The number of amides is 1. The lowest BCUT2D eigenvalue weighted by molar-refractivity contribution is 0.0651. The van der Waals surface area contributed by atoms with E-state index in [0.29, 0.717) is 29.4 Å². The van der Waals surface area contributed by atoms with Gasteiger partial charge in [0.15, 0.2) is 11.5 Å². The van der Waals surface area contributed by atoms with Gasteiger partial charge in [0.05, 0.1) is 5.56 Å². The van der Waals surface area contributed by atoms with Crippen LogP contribution >= 0.6 is 0 Å². The molecule has 1 aromatic rings. The molecule has 1 aromatic heterocycles. The van der Waals surface area contributed by atoms with E-state index in [1.165, 1.54) is 6.42 Å². The maximum atomic E-state index is 12.8. The van der Waals surface area contributed by atoms with Gasteiger partial charge in [-0.05, 0) is 52.1 Å². The van der Waals surface area contributed by atoms with Crippen LogP contribution in [0.2, 0.25) is 0 Å². The third kappa shape index (κ3) is 3.20. The van der Waals surface area contributed by atoms with Crippen LogP contribution in [-0.2, 0) is 6.42 Å². The molecule has 1 fully saturated rings. The zero-order valence-electron chi connectivity index (χ0n) is 14.1. The van der Waals surface area contributed by atoms with Gasteiger partial charge in [0, 0.05) is 31.5 Å². The molecule has 1 aliphatic heterocycles. The average molecular weight is 318 g/mol. The number of rotatable bonds is 4. The Bertz CT molecular complexity index is 598. The summed E-state index contributed by atoms with van der Waals surface area (Å²) >= 11 is 0. The largest absolute Gasteiger partial charge is 0.455 e. The van der Waals surface area contributed by atoms with Crippen LogP contribution in [-0.4, -0.2) is 43.3 Å². The van der Waals surface area contributed by atoms with Crippen LogP contribution in [0.5, 0.6) is 0 Å². The van der Waals surface area contributed by atoms with Crippen molar-refractivity contribution >= 4 is 11.7 Å². The van der Waals surface area contributed by atoms with E-state index < -0.39 is 0 Å². The van der Waals surface area contributed by atoms with Gasteiger partial charge in [-0.1, -0.05) is 0 Å². The highest BCUT2D eigenvalue weighted by Crippen LogP contribution is 2.31. The molecule has 3 rings (SSSR count). The molecule has 1 saturated heterocycles. The molecule has 2 heterocycles. The van der Waals surface area contributed by atoms with E-state index in [1.807, 2.05) is 18.9 Å². The van der Waals surface area contributed by atoms with E-state index in [-0.39, 0.29) is 11.7 Å². The van der Waals surface area contributed by atoms with Crippen LogP contribution in [0.4, 0.5) is 0 Å². The van der Waals surface area contributed by atoms with Gasteiger partial charge in [-0.2, -0.15) is 0 Å². The van der Waals surface area contributed by atoms with Crippen LogP contribution in [0.3, 0.4) is 0 Å². The minimum atomic E-state index is -0.0447. The van der Waals surface area contributed by atoms with Gasteiger partial charge in [-0.3, -0.25) is 9.59 Å². The van der Waals surface area contributed by atoms with Crippen molar-refractivity contribution in [3.63, 3.8) is 0 Å². The second-order valence-corrected chi connectivity index (χ2v) is 6.76. The Morgan fingerprint density at radius 3 is 2.70 bits per heavy atom. The first kappa shape index (κ1) is 16.2. The lowest BCUT2D eigenvalue weighted by Crippen LogP contribution is -2.39. The van der Waals surface area contributed by atoms with Crippen molar-refractivity contribution in [2.45, 2.75) is 45.4 Å². The molecule has 0 unspecified atom stereocenters. The van der Waals surface area contributed by atoms with E-state index >= 15 is 0 Å². The van der Waals surface area contributed by atoms with E-state index in [0.717, 1.165) is 50.9 Å². The van der Waals surface area contributed by atoms with Crippen molar-refractivity contribution in [2.24, 2.45) is 5.92 Å². The second-order valence-electron chi connectivity index (χ2n) is 6.76. The first-order valence-corrected chi connectivity index (χ1v) is 8.71. The number of hydrogen-bond acceptors (Lipinski definition) is 4. The van der Waals surface area contributed by atoms with Gasteiger partial charge in [-0.25, -0.2) is 0 Å². The molecule has 5 heteroatoms. The maximum Gasteiger partial charge on any atom is 0.289 e. The molecule has 1 amide bonds. The van der Waals surface area contributed by atoms with Crippen molar-refractivity contribution in [2.75, 3.05) is 26.7 Å². The first-order valence-electron chi connectivity index (χ1n) is 8.71. The molecule has 0 atom stereocenters. The summed E-state index contributed by atoms with van der Waals surface area (Å²) in [6.45, 7) is 4.45. The minimum Gasteiger partial charge on any atom is -0.455 e. The highest BCUT2D eigenvalue weighted by Gasteiger charge is 2.32. The lowest BCUT2D eigenvalue weighted by atomic mass is 9.92. The molecule has 0 spiro atoms. The summed E-state index contributed by atoms with van der Waals surface area (Å²) in [5, 5.41) is 3.19. The summed E-state index contributed by atoms with van der Waals surface area (Å²) in [7, 11) is 1.97. The van der Waals surface area contributed by atoms with Gasteiger partial charge < -0.3 is 14.6 Å². The number of piperidine rings is 1. The Kier molecular flexibility index (Phi) is 4.85. The Balaban J connectivity index is 1.69. The number of ketones is 1. The normalized spacial score (nSPS) is 19.0. The van der Waals surface area contributed by atoms with E-state index in [2.05, 4.69) is 5.32 Å². The molecule has 0 saturated carbocycles. The Morgan fingerprint density at radius 2 is 2.04 bits per heavy atom. The molecule has 126 valence electrons. The van der Waals surface area contributed by atoms with E-state index in [4.69, 9.17) is 4.42 Å². The molecule has 2 aliphatic rings. The van der Waals surface area contributed by atoms with Crippen molar-refractivity contribution in [1.82, 2.24) is 10.2 Å². The monoisotopic (exact) mass is 318 g/mol. The fourth-order valence-electron chi connectivity index (χ4n) is 3.77. The SMILES string of the molecule is CNCCC1CCN(C(=O)c2oc3c(c2C)C(=O)CCC3)CC1. The van der Waals surface area contributed by atoms with Crippen LogP contribution in [0.1, 0.15) is 64.3 Å². The number of carbonyl (C=O) groups is 2. The molecule has 1 N–H and O–H groups in total. The number of nitrogens with one attached hydrogen (secondary N) is 1. The van der Waals surface area contributed by atoms with Crippen molar-refractivity contribution < 1.29 is 14.0 Å². The smallest absolute Gasteiger partial charge is 0.289 e. The maximum absolute atomic E-state index is 12.8. The van der Waals surface area contributed by atoms with Crippen LogP contribution in [0.25, 0.3) is 0 Å². The molecule has 0 radical (unpaired) electrons. The summed E-state index contributed by atoms with van der Waals surface area (Å²) < 4.78 is 5.79. The standard InChI is InChI=1S/C18H26N2O3/c1-12-16-14(21)4-3-5-15(16)23-17(12)18(22)20-10-7-13(8-11-20)6-9-19-2/h13,19H,3-11H2,1-2H3. The summed E-state index contributed by atoms with van der Waals surface area (Å²) in [6.07, 6.45) is 5.42. The summed E-state index contributed by atoms with van der Waals surface area (Å²) in [5.74, 6) is 1.87. The molecule has 1 aliphatic carbocycles. The van der Waals surface area contributed by atoms with Crippen LogP contribution < -0.4 is 5.32 Å². The summed E-state index contributed by atoms with van der Waals surface area (Å²) in [6, 6.07) is 0. The fourth-order valence-corrected chi connectivity index (χ4v) is 3.77. The zero-order valence-corrected chi connectivity index (χ0v) is 14.1. The Hall–Kier alpha value is -1.62. The van der Waals surface area contributed by atoms with E-state index in [1.54, 1.807) is 0 Å². The van der Waals surface area contributed by atoms with Crippen LogP contribution in [0, 0.1) is 12.8 Å². The highest BCUT2D eigenvalue weighted by molar-refractivity contribution is 6.03. The highest BCUT2D eigenvalue weighted by atomic mass is 16.4. The number of fused-ring (bicyclic) bond motifs is 1. The molecule has 0 bridgehead atoms. The fraction of sp³-hybridized carbons (Fsp3) is 0.667. The quantitative estimate of drug-likeness (QED) is 0.927. The molecular formula is C18H26N2O3. The lowest BCUT2D eigenvalue weighted by Gasteiger charge is -2.31. The number of likely N-dealkylation sites (tertiary alicyclic amines) is 1. The second kappa shape index (κ2) is 6.87. The minimum absolute atomic E-state index is 0.0447. The third-order valence-corrected chi connectivity index (χ3v) is 5.20. The average Bonchev–Trinajstić information content (AvgIpc) is 2.91. The zero-order chi connectivity index (χ0) is 16.4. The number of carbonyl (C=O) groups excluding carboxylic acids is 2. The Labute approximate surface area is 137 Å². The topological polar surface area (TPSA) is 62.6 Å². The van der Waals surface area contributed by atoms with Crippen molar-refractivity contribution in [3.05, 3.63) is 22.6 Å². The Morgan fingerprint density at radius 1 is 1.30 bits per heavy atom. The van der Waals surface area contributed by atoms with Gasteiger partial charge in [0.2, 0.25) is 0 Å². The van der Waals surface area contributed by atoms with Crippen molar-refractivity contribution in [1.29, 1.82) is 0 Å². The predicted octanol–water partition coefficient (Wildman–Crippen LogP) is 2.57. The molecule has 23 heavy (non-hydrogen) atoms. The number of furan rings is 1. The van der Waals surface area contributed by atoms with Gasteiger partial charge in [-0.15, -0.1) is 0 Å². The van der Waals surface area contributed by atoms with Crippen LogP contribution in [0.15, 0.2) is 4.42 Å². The van der Waals surface area contributed by atoms with Gasteiger partial charge in [0.1, 0.15) is 5.76 Å². The first-order chi connectivity index (χ1) is 11.1.